The Morgan fingerprint density at radius 3 is 2.70 bits per heavy atom. The topological polar surface area (TPSA) is 54.4 Å². The van der Waals surface area contributed by atoms with Crippen LogP contribution in [0.25, 0.3) is 0 Å². The summed E-state index contributed by atoms with van der Waals surface area (Å²) in [6.45, 7) is 4.36. The zero-order chi connectivity index (χ0) is 16.6. The second-order valence-electron chi connectivity index (χ2n) is 8.66. The number of carbonyl (C=O) groups is 2. The van der Waals surface area contributed by atoms with E-state index in [0.29, 0.717) is 30.3 Å². The van der Waals surface area contributed by atoms with Gasteiger partial charge in [-0.05, 0) is 48.9 Å². The van der Waals surface area contributed by atoms with E-state index in [0.717, 1.165) is 19.3 Å². The number of alkyl halides is 1. The molecule has 0 bridgehead atoms. The van der Waals surface area contributed by atoms with Gasteiger partial charge in [-0.25, -0.2) is 0 Å². The van der Waals surface area contributed by atoms with Gasteiger partial charge in [-0.1, -0.05) is 41.9 Å². The molecule has 4 heteroatoms. The Hall–Kier alpha value is -0.480. The SMILES string of the molecule is C[C@]12C=C[C@@H](O)CC1CC(=O)[C@@H]1[C@@H]2CC[C@]2(C)C(=O)[C@H](Br)C[C@@H]12. The van der Waals surface area contributed by atoms with E-state index in [4.69, 9.17) is 0 Å². The van der Waals surface area contributed by atoms with E-state index in [-0.39, 0.29) is 33.4 Å². The van der Waals surface area contributed by atoms with Crippen LogP contribution in [-0.2, 0) is 9.59 Å². The minimum absolute atomic E-state index is 0.00736. The second-order valence-corrected chi connectivity index (χ2v) is 9.76. The van der Waals surface area contributed by atoms with Gasteiger partial charge in [-0.2, -0.15) is 0 Å². The molecule has 23 heavy (non-hydrogen) atoms. The van der Waals surface area contributed by atoms with Crippen LogP contribution in [-0.4, -0.2) is 27.6 Å². The third-order valence-corrected chi connectivity index (χ3v) is 8.46. The first-order chi connectivity index (χ1) is 10.8. The maximum atomic E-state index is 13.0. The molecule has 0 aromatic heterocycles. The maximum absolute atomic E-state index is 13.0. The summed E-state index contributed by atoms with van der Waals surface area (Å²) in [6.07, 6.45) is 7.59. The van der Waals surface area contributed by atoms with E-state index < -0.39 is 6.10 Å². The van der Waals surface area contributed by atoms with Crippen LogP contribution < -0.4 is 0 Å². The maximum Gasteiger partial charge on any atom is 0.152 e. The van der Waals surface area contributed by atoms with Crippen molar-refractivity contribution in [1.82, 2.24) is 0 Å². The zero-order valence-electron chi connectivity index (χ0n) is 13.8. The number of aliphatic hydroxyl groups is 1. The normalized spacial score (nSPS) is 55.3. The number of halogens is 1. The molecule has 0 radical (unpaired) electrons. The standard InChI is InChI=1S/C19H25BrO3/c1-18-5-3-11(21)7-10(18)8-15(22)16-12(18)4-6-19(2)13(16)9-14(20)17(19)23/h3,5,10-14,16,21H,4,6-9H2,1-2H3/t10?,11-,12+,13+,14-,16-,18+,19+/m1/s1. The van der Waals surface area contributed by atoms with Crippen LogP contribution >= 0.6 is 15.9 Å². The van der Waals surface area contributed by atoms with Crippen molar-refractivity contribution in [3.05, 3.63) is 12.2 Å². The van der Waals surface area contributed by atoms with Gasteiger partial charge in [-0.15, -0.1) is 0 Å². The van der Waals surface area contributed by atoms with Crippen molar-refractivity contribution in [1.29, 1.82) is 0 Å². The van der Waals surface area contributed by atoms with Crippen molar-refractivity contribution >= 4 is 27.5 Å². The highest BCUT2D eigenvalue weighted by Crippen LogP contribution is 2.64. The molecule has 126 valence electrons. The highest BCUT2D eigenvalue weighted by molar-refractivity contribution is 9.10. The van der Waals surface area contributed by atoms with Crippen LogP contribution in [0, 0.1) is 34.5 Å². The third kappa shape index (κ3) is 2.03. The monoisotopic (exact) mass is 380 g/mol. The fraction of sp³-hybridized carbons (Fsp3) is 0.789. The van der Waals surface area contributed by atoms with E-state index in [2.05, 4.69) is 35.9 Å². The predicted molar refractivity (Wildman–Crippen MR) is 91.1 cm³/mol. The van der Waals surface area contributed by atoms with Crippen LogP contribution in [0.1, 0.15) is 46.0 Å². The first-order valence-electron chi connectivity index (χ1n) is 8.86. The highest BCUT2D eigenvalue weighted by Gasteiger charge is 2.63. The molecule has 4 aliphatic carbocycles. The summed E-state index contributed by atoms with van der Waals surface area (Å²) in [5, 5.41) is 9.96. The molecule has 1 N–H and O–H groups in total. The van der Waals surface area contributed by atoms with E-state index in [1.165, 1.54) is 0 Å². The molecule has 4 aliphatic rings. The minimum Gasteiger partial charge on any atom is -0.389 e. The van der Waals surface area contributed by atoms with Crippen LogP contribution in [0.5, 0.6) is 0 Å². The first-order valence-corrected chi connectivity index (χ1v) is 9.77. The van der Waals surface area contributed by atoms with Gasteiger partial charge in [0, 0.05) is 17.8 Å². The Balaban J connectivity index is 1.75. The molecule has 0 aromatic rings. The summed E-state index contributed by atoms with van der Waals surface area (Å²) in [6, 6.07) is 0. The lowest BCUT2D eigenvalue weighted by atomic mass is 9.46. The predicted octanol–water partition coefficient (Wildman–Crippen LogP) is 3.29. The number of hydrogen-bond donors (Lipinski definition) is 1. The zero-order valence-corrected chi connectivity index (χ0v) is 15.4. The average Bonchev–Trinajstić information content (AvgIpc) is 2.73. The Morgan fingerprint density at radius 1 is 1.22 bits per heavy atom. The van der Waals surface area contributed by atoms with Gasteiger partial charge in [0.05, 0.1) is 10.9 Å². The summed E-state index contributed by atoms with van der Waals surface area (Å²) in [7, 11) is 0. The van der Waals surface area contributed by atoms with Crippen molar-refractivity contribution in [3.8, 4) is 0 Å². The van der Waals surface area contributed by atoms with Crippen LogP contribution in [0.2, 0.25) is 0 Å². The van der Waals surface area contributed by atoms with Crippen LogP contribution in [0.4, 0.5) is 0 Å². The van der Waals surface area contributed by atoms with E-state index >= 15 is 0 Å². The van der Waals surface area contributed by atoms with E-state index in [9.17, 15) is 14.7 Å². The molecule has 0 spiro atoms. The lowest BCUT2D eigenvalue weighted by Gasteiger charge is -2.57. The Labute approximate surface area is 146 Å². The Morgan fingerprint density at radius 2 is 1.96 bits per heavy atom. The summed E-state index contributed by atoms with van der Waals surface area (Å²) in [5.74, 6) is 1.41. The summed E-state index contributed by atoms with van der Waals surface area (Å²) in [5.41, 5.74) is -0.335. The Bertz CT molecular complexity index is 599. The fourth-order valence-corrected chi connectivity index (χ4v) is 7.16. The third-order valence-electron chi connectivity index (χ3n) is 7.67. The molecule has 4 rings (SSSR count). The summed E-state index contributed by atoms with van der Waals surface area (Å²) in [4.78, 5) is 25.6. The molecule has 0 aromatic carbocycles. The average molecular weight is 381 g/mol. The smallest absolute Gasteiger partial charge is 0.152 e. The van der Waals surface area contributed by atoms with Crippen molar-refractivity contribution in [3.63, 3.8) is 0 Å². The number of fused-ring (bicyclic) bond motifs is 5. The lowest BCUT2D eigenvalue weighted by molar-refractivity contribution is -0.150. The molecule has 0 amide bonds. The quantitative estimate of drug-likeness (QED) is 0.518. The van der Waals surface area contributed by atoms with Crippen molar-refractivity contribution in [2.45, 2.75) is 56.9 Å². The summed E-state index contributed by atoms with van der Waals surface area (Å²) >= 11 is 3.55. The summed E-state index contributed by atoms with van der Waals surface area (Å²) < 4.78 is 0. The lowest BCUT2D eigenvalue weighted by Crippen LogP contribution is -2.56. The first kappa shape index (κ1) is 16.0. The van der Waals surface area contributed by atoms with Crippen molar-refractivity contribution < 1.29 is 14.7 Å². The molecule has 1 unspecified atom stereocenters. The van der Waals surface area contributed by atoms with Gasteiger partial charge in [0.1, 0.15) is 5.78 Å². The fourth-order valence-electron chi connectivity index (χ4n) is 6.23. The van der Waals surface area contributed by atoms with Gasteiger partial charge in [0.2, 0.25) is 0 Å². The molecule has 8 atom stereocenters. The minimum atomic E-state index is -0.411. The largest absolute Gasteiger partial charge is 0.389 e. The Kier molecular flexibility index (Phi) is 3.49. The molecule has 3 nitrogen and oxygen atoms in total. The molecule has 3 fully saturated rings. The molecule has 0 saturated heterocycles. The second kappa shape index (κ2) is 5.01. The van der Waals surface area contributed by atoms with Gasteiger partial charge in [0.15, 0.2) is 5.78 Å². The van der Waals surface area contributed by atoms with Crippen LogP contribution in [0.15, 0.2) is 12.2 Å². The van der Waals surface area contributed by atoms with Crippen LogP contribution in [0.3, 0.4) is 0 Å². The van der Waals surface area contributed by atoms with Crippen molar-refractivity contribution in [2.24, 2.45) is 34.5 Å². The van der Waals surface area contributed by atoms with E-state index in [1.807, 2.05) is 6.08 Å². The van der Waals surface area contributed by atoms with Gasteiger partial charge in [0.25, 0.3) is 0 Å². The highest BCUT2D eigenvalue weighted by atomic mass is 79.9. The number of Topliss-reactive ketones (excluding diaryl/α,β-unsaturated/α-hetero) is 2. The molecular formula is C19H25BrO3. The number of aliphatic hydroxyl groups excluding tert-OH is 1. The van der Waals surface area contributed by atoms with Gasteiger partial charge >= 0.3 is 0 Å². The molecule has 0 aliphatic heterocycles. The number of carbonyl (C=O) groups excluding carboxylic acids is 2. The number of hydrogen-bond acceptors (Lipinski definition) is 3. The number of allylic oxidation sites excluding steroid dienone is 1. The number of rotatable bonds is 0. The molecule has 0 heterocycles. The van der Waals surface area contributed by atoms with Crippen molar-refractivity contribution in [2.75, 3.05) is 0 Å². The van der Waals surface area contributed by atoms with Gasteiger partial charge < -0.3 is 5.11 Å². The van der Waals surface area contributed by atoms with E-state index in [1.54, 1.807) is 0 Å². The number of ketones is 2. The molecule has 3 saturated carbocycles. The van der Waals surface area contributed by atoms with Gasteiger partial charge in [-0.3, -0.25) is 9.59 Å². The molecular weight excluding hydrogens is 356 g/mol.